The van der Waals surface area contributed by atoms with Crippen molar-refractivity contribution in [1.82, 2.24) is 15.3 Å². The van der Waals surface area contributed by atoms with Gasteiger partial charge in [-0.1, -0.05) is 18.2 Å². The van der Waals surface area contributed by atoms with Crippen LogP contribution in [0.4, 0.5) is 18.9 Å². The number of aliphatic hydroxyl groups is 1. The number of allylic oxidation sites excluding steroid dienone is 1. The van der Waals surface area contributed by atoms with E-state index < -0.39 is 17.8 Å². The number of carbonyl (C=O) groups excluding carboxylic acids is 1. The number of para-hydroxylation sites is 1. The first-order valence-corrected chi connectivity index (χ1v) is 8.81. The predicted octanol–water partition coefficient (Wildman–Crippen LogP) is 1.70. The summed E-state index contributed by atoms with van der Waals surface area (Å²) in [5.41, 5.74) is 0.224. The third-order valence-electron chi connectivity index (χ3n) is 4.85. The van der Waals surface area contributed by atoms with Gasteiger partial charge in [0, 0.05) is 50.5 Å². The van der Waals surface area contributed by atoms with E-state index in [0.717, 1.165) is 31.9 Å². The second-order valence-corrected chi connectivity index (χ2v) is 6.81. The number of halogens is 3. The molecule has 0 radical (unpaired) electrons. The molecule has 2 aliphatic rings. The highest BCUT2D eigenvalue weighted by molar-refractivity contribution is 5.77. The summed E-state index contributed by atoms with van der Waals surface area (Å²) < 4.78 is 39.6. The van der Waals surface area contributed by atoms with Gasteiger partial charge >= 0.3 is 6.18 Å². The third kappa shape index (κ3) is 4.03. The van der Waals surface area contributed by atoms with Crippen LogP contribution >= 0.6 is 0 Å². The van der Waals surface area contributed by atoms with E-state index in [0.29, 0.717) is 12.6 Å². The van der Waals surface area contributed by atoms with Crippen LogP contribution in [0.3, 0.4) is 0 Å². The standard InChI is InChI=1S/C18H23F3N4O2/c1-14-13-17(27,18(19,20)21)25(22-14)16(26)7-8-23-9-11-24(12-10-23)15-5-3-2-4-6-15/h2-6,13,22,27H,7-12H2,1H3/t17-/m1/s1. The fraction of sp³-hybridized carbons (Fsp3) is 0.500. The van der Waals surface area contributed by atoms with Crippen LogP contribution in [0.25, 0.3) is 0 Å². The zero-order chi connectivity index (χ0) is 19.7. The zero-order valence-corrected chi connectivity index (χ0v) is 15.0. The van der Waals surface area contributed by atoms with Crippen LogP contribution in [0.5, 0.6) is 0 Å². The molecule has 1 aromatic carbocycles. The molecule has 0 unspecified atom stereocenters. The van der Waals surface area contributed by atoms with Gasteiger partial charge in [0.1, 0.15) is 0 Å². The van der Waals surface area contributed by atoms with E-state index in [2.05, 4.69) is 10.3 Å². The minimum atomic E-state index is -4.98. The van der Waals surface area contributed by atoms with E-state index in [-0.39, 0.29) is 17.1 Å². The smallest absolute Gasteiger partial charge is 0.369 e. The van der Waals surface area contributed by atoms with Gasteiger partial charge in [0.05, 0.1) is 0 Å². The lowest BCUT2D eigenvalue weighted by Gasteiger charge is -2.37. The highest BCUT2D eigenvalue weighted by Gasteiger charge is 2.61. The summed E-state index contributed by atoms with van der Waals surface area (Å²) in [6.07, 6.45) is -4.48. The van der Waals surface area contributed by atoms with Gasteiger partial charge in [0.15, 0.2) is 0 Å². The van der Waals surface area contributed by atoms with Crippen LogP contribution in [0.15, 0.2) is 42.1 Å². The number of hydrogen-bond donors (Lipinski definition) is 2. The van der Waals surface area contributed by atoms with Crippen molar-refractivity contribution in [2.75, 3.05) is 37.6 Å². The fourth-order valence-corrected chi connectivity index (χ4v) is 3.36. The SMILES string of the molecule is CC1=C[C@@](O)(C(F)(F)F)N(C(=O)CCN2CCN(c3ccccc3)CC2)N1. The van der Waals surface area contributed by atoms with Gasteiger partial charge in [-0.05, 0) is 25.1 Å². The number of piperazine rings is 1. The molecule has 0 spiro atoms. The molecule has 3 rings (SSSR count). The molecule has 6 nitrogen and oxygen atoms in total. The Labute approximate surface area is 155 Å². The number of nitrogens with zero attached hydrogens (tertiary/aromatic N) is 3. The summed E-state index contributed by atoms with van der Waals surface area (Å²) in [6.45, 7) is 4.72. The molecule has 2 N–H and O–H groups in total. The van der Waals surface area contributed by atoms with Crippen molar-refractivity contribution >= 4 is 11.6 Å². The molecule has 148 valence electrons. The molecule has 2 heterocycles. The molecular formula is C18H23F3N4O2. The molecule has 27 heavy (non-hydrogen) atoms. The molecule has 9 heteroatoms. The molecule has 1 fully saturated rings. The maximum absolute atomic E-state index is 13.2. The lowest BCUT2D eigenvalue weighted by atomic mass is 10.1. The largest absolute Gasteiger partial charge is 0.442 e. The van der Waals surface area contributed by atoms with Gasteiger partial charge in [0.25, 0.3) is 5.72 Å². The van der Waals surface area contributed by atoms with E-state index in [4.69, 9.17) is 0 Å². The number of carbonyl (C=O) groups is 1. The Bertz CT molecular complexity index is 702. The molecule has 0 saturated carbocycles. The normalized spacial score (nSPS) is 24.0. The monoisotopic (exact) mass is 384 g/mol. The van der Waals surface area contributed by atoms with Crippen molar-refractivity contribution in [3.05, 3.63) is 42.1 Å². The molecule has 2 aliphatic heterocycles. The molecule has 1 atom stereocenters. The Morgan fingerprint density at radius 2 is 1.81 bits per heavy atom. The summed E-state index contributed by atoms with van der Waals surface area (Å²) in [6, 6.07) is 9.97. The zero-order valence-electron chi connectivity index (χ0n) is 15.0. The van der Waals surface area contributed by atoms with Crippen LogP contribution in [-0.2, 0) is 4.79 Å². The number of amides is 1. The van der Waals surface area contributed by atoms with Crippen LogP contribution in [-0.4, -0.2) is 65.5 Å². The summed E-state index contributed by atoms with van der Waals surface area (Å²) in [5, 5.41) is 10.2. The van der Waals surface area contributed by atoms with E-state index in [1.165, 1.54) is 6.92 Å². The number of hydrogen-bond acceptors (Lipinski definition) is 5. The van der Waals surface area contributed by atoms with Crippen LogP contribution in [0.1, 0.15) is 13.3 Å². The van der Waals surface area contributed by atoms with Crippen molar-refractivity contribution < 1.29 is 23.1 Å². The second-order valence-electron chi connectivity index (χ2n) is 6.81. The first kappa shape index (κ1) is 19.5. The van der Waals surface area contributed by atoms with E-state index in [1.807, 2.05) is 35.2 Å². The summed E-state index contributed by atoms with van der Waals surface area (Å²) in [7, 11) is 0. The third-order valence-corrected chi connectivity index (χ3v) is 4.85. The lowest BCUT2D eigenvalue weighted by molar-refractivity contribution is -0.289. The highest BCUT2D eigenvalue weighted by atomic mass is 19.4. The maximum Gasteiger partial charge on any atom is 0.442 e. The Hall–Kier alpha value is -2.26. The summed E-state index contributed by atoms with van der Waals surface area (Å²) >= 11 is 0. The summed E-state index contributed by atoms with van der Waals surface area (Å²) in [5.74, 6) is -0.798. The van der Waals surface area contributed by atoms with E-state index in [1.54, 1.807) is 0 Å². The second kappa shape index (κ2) is 7.40. The summed E-state index contributed by atoms with van der Waals surface area (Å²) in [4.78, 5) is 16.6. The fourth-order valence-electron chi connectivity index (χ4n) is 3.36. The van der Waals surface area contributed by atoms with Crippen LogP contribution in [0.2, 0.25) is 0 Å². The molecule has 1 aromatic rings. The topological polar surface area (TPSA) is 59.1 Å². The van der Waals surface area contributed by atoms with Crippen molar-refractivity contribution in [1.29, 1.82) is 0 Å². The Balaban J connectivity index is 1.52. The van der Waals surface area contributed by atoms with Gasteiger partial charge < -0.3 is 10.0 Å². The number of rotatable bonds is 4. The minimum Gasteiger partial charge on any atom is -0.369 e. The van der Waals surface area contributed by atoms with Crippen molar-refractivity contribution in [2.24, 2.45) is 0 Å². The van der Waals surface area contributed by atoms with Gasteiger partial charge in [-0.25, -0.2) is 5.01 Å². The average Bonchev–Trinajstić information content (AvgIpc) is 2.96. The molecule has 0 aliphatic carbocycles. The first-order valence-electron chi connectivity index (χ1n) is 8.81. The molecular weight excluding hydrogens is 361 g/mol. The van der Waals surface area contributed by atoms with Crippen LogP contribution in [0, 0.1) is 0 Å². The van der Waals surface area contributed by atoms with Gasteiger partial charge in [0.2, 0.25) is 5.91 Å². The molecule has 1 saturated heterocycles. The molecule has 0 aromatic heterocycles. The van der Waals surface area contributed by atoms with Gasteiger partial charge in [-0.3, -0.25) is 15.1 Å². The lowest BCUT2D eigenvalue weighted by Crippen LogP contribution is -2.60. The van der Waals surface area contributed by atoms with Gasteiger partial charge in [-0.2, -0.15) is 13.2 Å². The van der Waals surface area contributed by atoms with E-state index in [9.17, 15) is 23.1 Å². The van der Waals surface area contributed by atoms with E-state index >= 15 is 0 Å². The Morgan fingerprint density at radius 1 is 1.19 bits per heavy atom. The van der Waals surface area contributed by atoms with Crippen molar-refractivity contribution in [2.45, 2.75) is 25.2 Å². The average molecular weight is 384 g/mol. The van der Waals surface area contributed by atoms with Crippen molar-refractivity contribution in [3.63, 3.8) is 0 Å². The molecule has 1 amide bonds. The molecule has 0 bridgehead atoms. The number of nitrogens with one attached hydrogen (secondary N) is 1. The van der Waals surface area contributed by atoms with Crippen molar-refractivity contribution in [3.8, 4) is 0 Å². The number of anilines is 1. The predicted molar refractivity (Wildman–Crippen MR) is 94.5 cm³/mol. The number of alkyl halides is 3. The van der Waals surface area contributed by atoms with Gasteiger partial charge in [-0.15, -0.1) is 0 Å². The quantitative estimate of drug-likeness (QED) is 0.828. The Kier molecular flexibility index (Phi) is 5.34. The number of benzene rings is 1. The minimum absolute atomic E-state index is 0.0830. The highest BCUT2D eigenvalue weighted by Crippen LogP contribution is 2.37. The first-order chi connectivity index (χ1) is 12.7. The Morgan fingerprint density at radius 3 is 2.41 bits per heavy atom. The number of hydrazine groups is 1. The maximum atomic E-state index is 13.2. The van der Waals surface area contributed by atoms with Crippen LogP contribution < -0.4 is 10.3 Å².